The lowest BCUT2D eigenvalue weighted by Crippen LogP contribution is -3.14. The molecule has 0 spiro atoms. The largest absolute Gasteiger partial charge is 0.388 e. The standard InChI is InChI=1S/C18H24N2O/c1-12-6-7-16-15(10-12)14-4-3-5-17-18(14)20(16)9-8-19(17)11-13(2)21/h6-7,10,13,17,21H,3-5,8-9,11H2,1-2H3/p+1/t13-,17-/m1/s1. The molecule has 0 bridgehead atoms. The van der Waals surface area contributed by atoms with Crippen molar-refractivity contribution in [3.05, 3.63) is 35.0 Å². The van der Waals surface area contributed by atoms with Crippen LogP contribution in [0.4, 0.5) is 0 Å². The van der Waals surface area contributed by atoms with Gasteiger partial charge in [0.15, 0.2) is 0 Å². The molecule has 1 unspecified atom stereocenters. The number of aromatic nitrogens is 1. The van der Waals surface area contributed by atoms with E-state index in [0.29, 0.717) is 6.04 Å². The minimum Gasteiger partial charge on any atom is -0.388 e. The van der Waals surface area contributed by atoms with Crippen LogP contribution in [-0.2, 0) is 13.0 Å². The van der Waals surface area contributed by atoms with Gasteiger partial charge in [0.25, 0.3) is 0 Å². The summed E-state index contributed by atoms with van der Waals surface area (Å²) in [5.41, 5.74) is 5.95. The Labute approximate surface area is 126 Å². The topological polar surface area (TPSA) is 29.6 Å². The number of aliphatic hydroxyl groups excluding tert-OH is 1. The Morgan fingerprint density at radius 1 is 1.43 bits per heavy atom. The van der Waals surface area contributed by atoms with Gasteiger partial charge in [-0.15, -0.1) is 0 Å². The summed E-state index contributed by atoms with van der Waals surface area (Å²) in [5.74, 6) is 0. The SMILES string of the molecule is Cc1ccc2c(c1)c1c3n2CC[NH+](C[C@@H](C)O)[C@@H]3CCC1. The number of fused-ring (bicyclic) bond motifs is 3. The van der Waals surface area contributed by atoms with Crippen molar-refractivity contribution < 1.29 is 10.0 Å². The van der Waals surface area contributed by atoms with E-state index in [9.17, 15) is 5.11 Å². The van der Waals surface area contributed by atoms with E-state index < -0.39 is 0 Å². The Kier molecular flexibility index (Phi) is 3.09. The van der Waals surface area contributed by atoms with Crippen molar-refractivity contribution in [2.45, 2.75) is 51.8 Å². The highest BCUT2D eigenvalue weighted by atomic mass is 16.3. The predicted molar refractivity (Wildman–Crippen MR) is 84.7 cm³/mol. The fraction of sp³-hybridized carbons (Fsp3) is 0.556. The Balaban J connectivity index is 1.88. The Bertz CT molecular complexity index is 686. The zero-order valence-electron chi connectivity index (χ0n) is 13.0. The number of hydrogen-bond acceptors (Lipinski definition) is 1. The van der Waals surface area contributed by atoms with Gasteiger partial charge in [-0.1, -0.05) is 11.6 Å². The Morgan fingerprint density at radius 2 is 2.29 bits per heavy atom. The summed E-state index contributed by atoms with van der Waals surface area (Å²) in [6.45, 7) is 7.22. The van der Waals surface area contributed by atoms with Gasteiger partial charge in [0, 0.05) is 17.3 Å². The minimum absolute atomic E-state index is 0.205. The molecule has 2 aliphatic rings. The number of nitrogens with one attached hydrogen (secondary N) is 1. The lowest BCUT2D eigenvalue weighted by molar-refractivity contribution is -0.939. The summed E-state index contributed by atoms with van der Waals surface area (Å²) >= 11 is 0. The molecule has 4 rings (SSSR count). The highest BCUT2D eigenvalue weighted by Crippen LogP contribution is 2.37. The smallest absolute Gasteiger partial charge is 0.129 e. The normalized spacial score (nSPS) is 25.9. The summed E-state index contributed by atoms with van der Waals surface area (Å²) in [6.07, 6.45) is 3.57. The van der Waals surface area contributed by atoms with Gasteiger partial charge in [0.2, 0.25) is 0 Å². The van der Waals surface area contributed by atoms with E-state index >= 15 is 0 Å². The number of quaternary nitrogens is 1. The van der Waals surface area contributed by atoms with Crippen molar-refractivity contribution in [3.63, 3.8) is 0 Å². The van der Waals surface area contributed by atoms with E-state index in [1.165, 1.54) is 35.7 Å². The molecule has 2 aromatic rings. The van der Waals surface area contributed by atoms with E-state index in [2.05, 4.69) is 29.7 Å². The minimum atomic E-state index is -0.205. The van der Waals surface area contributed by atoms with Crippen LogP contribution < -0.4 is 4.90 Å². The van der Waals surface area contributed by atoms with Crippen LogP contribution in [0.15, 0.2) is 18.2 Å². The molecule has 21 heavy (non-hydrogen) atoms. The highest BCUT2D eigenvalue weighted by molar-refractivity contribution is 5.86. The van der Waals surface area contributed by atoms with Crippen LogP contribution in [0.1, 0.15) is 42.6 Å². The number of aliphatic hydroxyl groups is 1. The molecule has 2 heterocycles. The maximum absolute atomic E-state index is 9.80. The second-order valence-electron chi connectivity index (χ2n) is 6.94. The molecule has 3 atom stereocenters. The number of rotatable bonds is 2. The van der Waals surface area contributed by atoms with Gasteiger partial charge in [-0.2, -0.15) is 0 Å². The van der Waals surface area contributed by atoms with Crippen molar-refractivity contribution >= 4 is 10.9 Å². The van der Waals surface area contributed by atoms with Gasteiger partial charge in [-0.3, -0.25) is 0 Å². The molecule has 1 aromatic heterocycles. The van der Waals surface area contributed by atoms with Gasteiger partial charge < -0.3 is 14.6 Å². The maximum atomic E-state index is 9.80. The fourth-order valence-electron chi connectivity index (χ4n) is 4.53. The van der Waals surface area contributed by atoms with Crippen molar-refractivity contribution in [2.75, 3.05) is 13.1 Å². The zero-order chi connectivity index (χ0) is 14.6. The molecular weight excluding hydrogens is 260 g/mol. The van der Waals surface area contributed by atoms with Crippen molar-refractivity contribution in [3.8, 4) is 0 Å². The zero-order valence-corrected chi connectivity index (χ0v) is 13.0. The molecule has 0 amide bonds. The van der Waals surface area contributed by atoms with E-state index in [0.717, 1.165) is 19.6 Å². The fourth-order valence-corrected chi connectivity index (χ4v) is 4.53. The van der Waals surface area contributed by atoms with E-state index in [4.69, 9.17) is 0 Å². The summed E-state index contributed by atoms with van der Waals surface area (Å²) in [6, 6.07) is 7.50. The summed E-state index contributed by atoms with van der Waals surface area (Å²) in [7, 11) is 0. The van der Waals surface area contributed by atoms with Crippen LogP contribution in [0.2, 0.25) is 0 Å². The van der Waals surface area contributed by atoms with Crippen LogP contribution in [0.5, 0.6) is 0 Å². The highest BCUT2D eigenvalue weighted by Gasteiger charge is 2.37. The number of hydrogen-bond donors (Lipinski definition) is 2. The Hall–Kier alpha value is -1.32. The van der Waals surface area contributed by atoms with Crippen LogP contribution in [0, 0.1) is 6.92 Å². The van der Waals surface area contributed by atoms with Crippen LogP contribution in [-0.4, -0.2) is 28.9 Å². The van der Waals surface area contributed by atoms with Crippen molar-refractivity contribution in [1.82, 2.24) is 4.57 Å². The van der Waals surface area contributed by atoms with Gasteiger partial charge in [-0.05, 0) is 44.4 Å². The average Bonchev–Trinajstić information content (AvgIpc) is 2.77. The third kappa shape index (κ3) is 2.02. The lowest BCUT2D eigenvalue weighted by Gasteiger charge is -2.37. The van der Waals surface area contributed by atoms with Gasteiger partial charge in [-0.25, -0.2) is 0 Å². The van der Waals surface area contributed by atoms with Crippen LogP contribution in [0.3, 0.4) is 0 Å². The molecule has 0 radical (unpaired) electrons. The van der Waals surface area contributed by atoms with Crippen LogP contribution in [0.25, 0.3) is 10.9 Å². The average molecular weight is 285 g/mol. The third-order valence-corrected chi connectivity index (χ3v) is 5.32. The molecule has 3 nitrogen and oxygen atoms in total. The van der Waals surface area contributed by atoms with E-state index in [1.807, 2.05) is 6.92 Å². The first-order valence-corrected chi connectivity index (χ1v) is 8.29. The lowest BCUT2D eigenvalue weighted by atomic mass is 9.89. The predicted octanol–water partition coefficient (Wildman–Crippen LogP) is 1.61. The summed E-state index contributed by atoms with van der Waals surface area (Å²) < 4.78 is 2.57. The first-order chi connectivity index (χ1) is 10.1. The van der Waals surface area contributed by atoms with Gasteiger partial charge >= 0.3 is 0 Å². The number of aryl methyl sites for hydroxylation is 2. The van der Waals surface area contributed by atoms with Gasteiger partial charge in [0.1, 0.15) is 18.7 Å². The first-order valence-electron chi connectivity index (χ1n) is 8.29. The Morgan fingerprint density at radius 3 is 3.10 bits per heavy atom. The first kappa shape index (κ1) is 13.4. The summed E-state index contributed by atoms with van der Waals surface area (Å²) in [5, 5.41) is 11.3. The molecule has 1 aliphatic carbocycles. The van der Waals surface area contributed by atoms with Gasteiger partial charge in [0.05, 0.1) is 18.8 Å². The maximum Gasteiger partial charge on any atom is 0.129 e. The van der Waals surface area contributed by atoms with E-state index in [-0.39, 0.29) is 6.10 Å². The molecule has 1 aromatic carbocycles. The molecule has 0 saturated heterocycles. The summed E-state index contributed by atoms with van der Waals surface area (Å²) in [4.78, 5) is 1.58. The van der Waals surface area contributed by atoms with Crippen LogP contribution >= 0.6 is 0 Å². The molecule has 3 heteroatoms. The second-order valence-corrected chi connectivity index (χ2v) is 6.94. The molecule has 1 aliphatic heterocycles. The number of benzene rings is 1. The van der Waals surface area contributed by atoms with E-state index in [1.54, 1.807) is 16.2 Å². The van der Waals surface area contributed by atoms with Crippen molar-refractivity contribution in [2.24, 2.45) is 0 Å². The van der Waals surface area contributed by atoms with Crippen molar-refractivity contribution in [1.29, 1.82) is 0 Å². The number of nitrogens with zero attached hydrogens (tertiary/aromatic N) is 1. The molecule has 0 fully saturated rings. The monoisotopic (exact) mass is 285 g/mol. The second kappa shape index (κ2) is 4.85. The molecule has 2 N–H and O–H groups in total. The quantitative estimate of drug-likeness (QED) is 0.862. The third-order valence-electron chi connectivity index (χ3n) is 5.32. The molecular formula is C18H25N2O+. The molecule has 112 valence electrons. The molecule has 0 saturated carbocycles.